The lowest BCUT2D eigenvalue weighted by molar-refractivity contribution is -0.140. The maximum atomic E-state index is 11.0. The highest BCUT2D eigenvalue weighted by Gasteiger charge is 2.20. The molecule has 104 valence electrons. The van der Waals surface area contributed by atoms with E-state index in [-0.39, 0.29) is 5.97 Å². The molecule has 0 saturated heterocycles. The van der Waals surface area contributed by atoms with Gasteiger partial charge in [-0.1, -0.05) is 6.07 Å². The number of nitrogens with one attached hydrogen (secondary N) is 1. The summed E-state index contributed by atoms with van der Waals surface area (Å²) < 4.78 is 4.62. The summed E-state index contributed by atoms with van der Waals surface area (Å²) in [7, 11) is 1.41. The third kappa shape index (κ3) is 4.84. The Balaban J connectivity index is 1.81. The molecule has 0 spiro atoms. The minimum atomic E-state index is -0.171. The van der Waals surface area contributed by atoms with Crippen LogP contribution in [-0.2, 0) is 16.1 Å². The molecule has 1 N–H and O–H groups in total. The molecule has 0 aliphatic heterocycles. The maximum Gasteiger partial charge on any atom is 0.306 e. The molecule has 0 unspecified atom stereocenters. The summed E-state index contributed by atoms with van der Waals surface area (Å²) in [6.07, 6.45) is 4.94. The Labute approximate surface area is 118 Å². The highest BCUT2D eigenvalue weighted by Crippen LogP contribution is 2.22. The summed E-state index contributed by atoms with van der Waals surface area (Å²) in [6, 6.07) is 2.89. The van der Waals surface area contributed by atoms with Crippen LogP contribution in [-0.4, -0.2) is 29.9 Å². The van der Waals surface area contributed by atoms with E-state index in [9.17, 15) is 4.79 Å². The van der Waals surface area contributed by atoms with Crippen LogP contribution in [0.3, 0.4) is 0 Å². The lowest BCUT2D eigenvalue weighted by Crippen LogP contribution is -2.15. The molecule has 1 aromatic rings. The number of aryl methyl sites for hydroxylation is 1. The Morgan fingerprint density at radius 1 is 1.58 bits per heavy atom. The van der Waals surface area contributed by atoms with Crippen molar-refractivity contribution in [2.24, 2.45) is 0 Å². The average Bonchev–Trinajstić information content (AvgIpc) is 3.22. The third-order valence-corrected chi connectivity index (χ3v) is 4.14. The molecule has 19 heavy (non-hydrogen) atoms. The normalized spacial score (nSPS) is 14.4. The van der Waals surface area contributed by atoms with Gasteiger partial charge in [-0.15, -0.1) is 11.8 Å². The Morgan fingerprint density at radius 3 is 3.00 bits per heavy atom. The summed E-state index contributed by atoms with van der Waals surface area (Å²) in [5.41, 5.74) is 2.40. The summed E-state index contributed by atoms with van der Waals surface area (Å²) in [5.74, 6) is 0.538. The van der Waals surface area contributed by atoms with E-state index in [1.807, 2.05) is 6.20 Å². The molecule has 0 atom stereocenters. The summed E-state index contributed by atoms with van der Waals surface area (Å²) in [4.78, 5) is 15.5. The van der Waals surface area contributed by atoms with E-state index in [2.05, 4.69) is 28.0 Å². The van der Waals surface area contributed by atoms with Gasteiger partial charge in [0.25, 0.3) is 0 Å². The zero-order valence-corrected chi connectivity index (χ0v) is 12.3. The number of methoxy groups -OCH3 is 1. The van der Waals surface area contributed by atoms with Crippen molar-refractivity contribution < 1.29 is 9.53 Å². The molecule has 2 rings (SSSR count). The van der Waals surface area contributed by atoms with Crippen LogP contribution in [0.5, 0.6) is 0 Å². The minimum absolute atomic E-state index is 0.171. The average molecular weight is 280 g/mol. The van der Waals surface area contributed by atoms with E-state index in [1.54, 1.807) is 11.8 Å². The summed E-state index contributed by atoms with van der Waals surface area (Å²) in [6.45, 7) is 2.96. The SMILES string of the molecule is COC(=O)CCSc1ncc(CNC2CC2)cc1C. The summed E-state index contributed by atoms with van der Waals surface area (Å²) >= 11 is 1.60. The Kier molecular flexibility index (Phi) is 5.22. The molecule has 1 aliphatic carbocycles. The molecule has 1 aliphatic rings. The molecule has 0 radical (unpaired) electrons. The van der Waals surface area contributed by atoms with Gasteiger partial charge in [0.1, 0.15) is 0 Å². The molecule has 1 fully saturated rings. The van der Waals surface area contributed by atoms with Gasteiger partial charge < -0.3 is 10.1 Å². The second kappa shape index (κ2) is 6.91. The van der Waals surface area contributed by atoms with E-state index < -0.39 is 0 Å². The van der Waals surface area contributed by atoms with Gasteiger partial charge in [0.05, 0.1) is 18.6 Å². The molecular formula is C14H20N2O2S. The van der Waals surface area contributed by atoms with E-state index in [0.717, 1.165) is 17.6 Å². The van der Waals surface area contributed by atoms with E-state index in [1.165, 1.54) is 31.1 Å². The Hall–Kier alpha value is -1.07. The van der Waals surface area contributed by atoms with Crippen LogP contribution in [0, 0.1) is 6.92 Å². The van der Waals surface area contributed by atoms with Crippen molar-refractivity contribution >= 4 is 17.7 Å². The van der Waals surface area contributed by atoms with Crippen molar-refractivity contribution in [3.05, 3.63) is 23.4 Å². The first-order chi connectivity index (χ1) is 9.19. The molecule has 1 saturated carbocycles. The number of thioether (sulfide) groups is 1. The van der Waals surface area contributed by atoms with Gasteiger partial charge in [0.2, 0.25) is 0 Å². The van der Waals surface area contributed by atoms with Crippen LogP contribution in [0.2, 0.25) is 0 Å². The first-order valence-electron chi connectivity index (χ1n) is 6.57. The van der Waals surface area contributed by atoms with Gasteiger partial charge in [0, 0.05) is 24.5 Å². The van der Waals surface area contributed by atoms with Crippen molar-refractivity contribution in [3.8, 4) is 0 Å². The number of carbonyl (C=O) groups is 1. The number of nitrogens with zero attached hydrogens (tertiary/aromatic N) is 1. The third-order valence-electron chi connectivity index (χ3n) is 3.03. The molecule has 4 nitrogen and oxygen atoms in total. The molecule has 0 aromatic carbocycles. The van der Waals surface area contributed by atoms with Gasteiger partial charge in [-0.3, -0.25) is 4.79 Å². The predicted octanol–water partition coefficient (Wildman–Crippen LogP) is 2.30. The number of pyridine rings is 1. The first kappa shape index (κ1) is 14.3. The van der Waals surface area contributed by atoms with Gasteiger partial charge >= 0.3 is 5.97 Å². The van der Waals surface area contributed by atoms with Crippen LogP contribution in [0.15, 0.2) is 17.3 Å². The standard InChI is InChI=1S/C14H20N2O2S/c1-10-7-11(8-15-12-3-4-12)9-16-14(10)19-6-5-13(17)18-2/h7,9,12,15H,3-6,8H2,1-2H3. The summed E-state index contributed by atoms with van der Waals surface area (Å²) in [5, 5.41) is 4.48. The minimum Gasteiger partial charge on any atom is -0.469 e. The number of ether oxygens (including phenoxy) is 1. The van der Waals surface area contributed by atoms with Crippen LogP contribution >= 0.6 is 11.8 Å². The number of esters is 1. The van der Waals surface area contributed by atoms with E-state index >= 15 is 0 Å². The monoisotopic (exact) mass is 280 g/mol. The van der Waals surface area contributed by atoms with Crippen molar-refractivity contribution in [2.75, 3.05) is 12.9 Å². The number of rotatable bonds is 7. The lowest BCUT2D eigenvalue weighted by Gasteiger charge is -2.08. The van der Waals surface area contributed by atoms with Crippen molar-refractivity contribution in [2.45, 2.75) is 43.8 Å². The first-order valence-corrected chi connectivity index (χ1v) is 7.56. The van der Waals surface area contributed by atoms with Crippen LogP contribution in [0.1, 0.15) is 30.4 Å². The zero-order chi connectivity index (χ0) is 13.7. The maximum absolute atomic E-state index is 11.0. The molecule has 1 heterocycles. The lowest BCUT2D eigenvalue weighted by atomic mass is 10.2. The fourth-order valence-corrected chi connectivity index (χ4v) is 2.63. The molecule has 5 heteroatoms. The van der Waals surface area contributed by atoms with Crippen LogP contribution in [0.4, 0.5) is 0 Å². The largest absolute Gasteiger partial charge is 0.469 e. The highest BCUT2D eigenvalue weighted by atomic mass is 32.2. The topological polar surface area (TPSA) is 51.2 Å². The smallest absolute Gasteiger partial charge is 0.306 e. The van der Waals surface area contributed by atoms with Crippen molar-refractivity contribution in [3.63, 3.8) is 0 Å². The predicted molar refractivity (Wildman–Crippen MR) is 76.2 cm³/mol. The van der Waals surface area contributed by atoms with E-state index in [0.29, 0.717) is 12.2 Å². The highest BCUT2D eigenvalue weighted by molar-refractivity contribution is 7.99. The number of hydrogen-bond donors (Lipinski definition) is 1. The number of carbonyl (C=O) groups excluding carboxylic acids is 1. The van der Waals surface area contributed by atoms with Crippen molar-refractivity contribution in [1.29, 1.82) is 0 Å². The van der Waals surface area contributed by atoms with Gasteiger partial charge in [-0.05, 0) is 30.9 Å². The quantitative estimate of drug-likeness (QED) is 0.613. The van der Waals surface area contributed by atoms with Gasteiger partial charge in [0.15, 0.2) is 0 Å². The van der Waals surface area contributed by atoms with Gasteiger partial charge in [-0.2, -0.15) is 0 Å². The van der Waals surface area contributed by atoms with E-state index in [4.69, 9.17) is 0 Å². The number of aromatic nitrogens is 1. The Morgan fingerprint density at radius 2 is 2.37 bits per heavy atom. The molecule has 1 aromatic heterocycles. The van der Waals surface area contributed by atoms with Gasteiger partial charge in [-0.25, -0.2) is 4.98 Å². The second-order valence-electron chi connectivity index (χ2n) is 4.80. The van der Waals surface area contributed by atoms with Crippen LogP contribution < -0.4 is 5.32 Å². The zero-order valence-electron chi connectivity index (χ0n) is 11.4. The van der Waals surface area contributed by atoms with Crippen LogP contribution in [0.25, 0.3) is 0 Å². The molecular weight excluding hydrogens is 260 g/mol. The number of hydrogen-bond acceptors (Lipinski definition) is 5. The fourth-order valence-electron chi connectivity index (χ4n) is 1.75. The Bertz CT molecular complexity index is 447. The molecule has 0 bridgehead atoms. The second-order valence-corrected chi connectivity index (χ2v) is 5.88. The molecule has 0 amide bonds. The van der Waals surface area contributed by atoms with Crippen molar-refractivity contribution in [1.82, 2.24) is 10.3 Å². The fraction of sp³-hybridized carbons (Fsp3) is 0.571.